The average Bonchev–Trinajstić information content (AvgIpc) is 3.52. The highest BCUT2D eigenvalue weighted by molar-refractivity contribution is 6.06. The van der Waals surface area contributed by atoms with E-state index in [0.29, 0.717) is 61.4 Å². The summed E-state index contributed by atoms with van der Waals surface area (Å²) in [6.45, 7) is 0.501. The van der Waals surface area contributed by atoms with Crippen molar-refractivity contribution in [3.05, 3.63) is 41.7 Å². The van der Waals surface area contributed by atoms with Gasteiger partial charge >= 0.3 is 18.0 Å². The molecule has 1 aromatic carbocycles. The third-order valence-electron chi connectivity index (χ3n) is 7.24. The minimum Gasteiger partial charge on any atom is -0.481 e. The first kappa shape index (κ1) is 28.6. The quantitative estimate of drug-likeness (QED) is 0.327. The normalized spacial score (nSPS) is 18.6. The molecule has 40 heavy (non-hydrogen) atoms. The van der Waals surface area contributed by atoms with Crippen LogP contribution in [0.3, 0.4) is 0 Å². The van der Waals surface area contributed by atoms with Crippen molar-refractivity contribution < 1.29 is 38.6 Å². The van der Waals surface area contributed by atoms with Gasteiger partial charge in [0.05, 0.1) is 24.3 Å². The van der Waals surface area contributed by atoms with Gasteiger partial charge in [-0.1, -0.05) is 5.21 Å². The first-order chi connectivity index (χ1) is 19.2. The molecule has 4 amide bonds. The molecule has 0 bridgehead atoms. The number of hydrogen-bond acceptors (Lipinski definition) is 7. The number of carbonyl (C=O) groups is 5. The number of hydrogen-bond donors (Lipinski definition) is 3. The molecule has 14 heteroatoms. The van der Waals surface area contributed by atoms with E-state index in [4.69, 9.17) is 5.11 Å². The Morgan fingerprint density at radius 2 is 1.80 bits per heavy atom. The smallest absolute Gasteiger partial charge is 0.327 e. The van der Waals surface area contributed by atoms with Gasteiger partial charge in [0.25, 0.3) is 11.8 Å². The van der Waals surface area contributed by atoms with Gasteiger partial charge in [0.2, 0.25) is 0 Å². The second-order valence-corrected chi connectivity index (χ2v) is 9.96. The van der Waals surface area contributed by atoms with Crippen LogP contribution in [0.15, 0.2) is 30.5 Å². The fraction of sp³-hybridized carbons (Fsp3) is 0.500. The first-order valence-corrected chi connectivity index (χ1v) is 13.1. The third-order valence-corrected chi connectivity index (χ3v) is 7.24. The Kier molecular flexibility index (Phi) is 9.07. The fourth-order valence-corrected chi connectivity index (χ4v) is 5.06. The Morgan fingerprint density at radius 1 is 1.10 bits per heavy atom. The molecule has 13 nitrogen and oxygen atoms in total. The second kappa shape index (κ2) is 12.7. The molecule has 1 aromatic heterocycles. The highest BCUT2D eigenvalue weighted by Gasteiger charge is 2.45. The van der Waals surface area contributed by atoms with E-state index in [-0.39, 0.29) is 18.2 Å². The Hall–Kier alpha value is -4.36. The van der Waals surface area contributed by atoms with Crippen LogP contribution in [-0.2, 0) is 20.8 Å². The zero-order valence-corrected chi connectivity index (χ0v) is 21.7. The van der Waals surface area contributed by atoms with Gasteiger partial charge in [0.1, 0.15) is 12.1 Å². The average molecular weight is 559 g/mol. The van der Waals surface area contributed by atoms with Crippen molar-refractivity contribution >= 4 is 29.8 Å². The van der Waals surface area contributed by atoms with Crippen molar-refractivity contribution in [2.75, 3.05) is 19.8 Å². The number of carboxylic acids is 2. The number of amides is 4. The number of urea groups is 1. The van der Waals surface area contributed by atoms with Crippen LogP contribution in [0.4, 0.5) is 9.18 Å². The Balaban J connectivity index is 1.29. The Morgan fingerprint density at radius 3 is 2.42 bits per heavy atom. The number of aryl methyl sites for hydroxylation is 1. The molecule has 2 fully saturated rings. The molecular formula is C26H31FN6O7. The monoisotopic (exact) mass is 558 g/mol. The molecule has 0 saturated carbocycles. The van der Waals surface area contributed by atoms with Crippen molar-refractivity contribution in [1.29, 1.82) is 0 Å². The number of imide groups is 1. The van der Waals surface area contributed by atoms with Gasteiger partial charge in [0.15, 0.2) is 0 Å². The standard InChI is InChI=1S/C26H31FN6O7/c27-11-1-2-18-15-32(30-29-18)19-5-3-17(4-6-19)23(36)31-12-9-16(10-13-31)14-20-24(37)33(26(40)28-20)21(25(38)39)7-8-22(34)35/h3-6,15-16,20-21H,1-2,7-14H2,(H,28,40)(H,34,35)(H,38,39). The molecule has 214 valence electrons. The molecule has 0 spiro atoms. The predicted molar refractivity (Wildman–Crippen MR) is 136 cm³/mol. The number of carboxylic acid groups (broad SMARTS) is 2. The number of carbonyl (C=O) groups excluding carboxylic acids is 3. The molecule has 2 aliphatic heterocycles. The molecular weight excluding hydrogens is 527 g/mol. The first-order valence-electron chi connectivity index (χ1n) is 13.1. The van der Waals surface area contributed by atoms with Gasteiger partial charge in [0, 0.05) is 25.1 Å². The van der Waals surface area contributed by atoms with Gasteiger partial charge in [-0.3, -0.25) is 18.8 Å². The van der Waals surface area contributed by atoms with Crippen molar-refractivity contribution in [2.24, 2.45) is 5.92 Å². The van der Waals surface area contributed by atoms with E-state index in [1.54, 1.807) is 40.0 Å². The molecule has 2 atom stereocenters. The predicted octanol–water partition coefficient (Wildman–Crippen LogP) is 1.65. The van der Waals surface area contributed by atoms with Crippen LogP contribution in [0.2, 0.25) is 0 Å². The lowest BCUT2D eigenvalue weighted by Gasteiger charge is -2.33. The van der Waals surface area contributed by atoms with Crippen LogP contribution in [0.1, 0.15) is 54.6 Å². The number of aromatic nitrogens is 3. The SMILES string of the molecule is O=C(O)CCC(C(=O)O)N1C(=O)NC(CC2CCN(C(=O)c3ccc(-n4cc(CCCF)nn4)cc3)CC2)C1=O. The number of benzene rings is 1. The van der Waals surface area contributed by atoms with Gasteiger partial charge < -0.3 is 20.4 Å². The maximum Gasteiger partial charge on any atom is 0.327 e. The lowest BCUT2D eigenvalue weighted by Crippen LogP contribution is -2.46. The largest absolute Gasteiger partial charge is 0.481 e. The Labute approximate surface area is 228 Å². The molecule has 2 saturated heterocycles. The lowest BCUT2D eigenvalue weighted by atomic mass is 9.89. The van der Waals surface area contributed by atoms with Crippen molar-refractivity contribution in [3.63, 3.8) is 0 Å². The van der Waals surface area contributed by atoms with E-state index >= 15 is 0 Å². The summed E-state index contributed by atoms with van der Waals surface area (Å²) >= 11 is 0. The van der Waals surface area contributed by atoms with Gasteiger partial charge in [-0.2, -0.15) is 0 Å². The van der Waals surface area contributed by atoms with E-state index in [1.807, 2.05) is 0 Å². The van der Waals surface area contributed by atoms with Crippen LogP contribution in [0.5, 0.6) is 0 Å². The summed E-state index contributed by atoms with van der Waals surface area (Å²) in [5, 5.41) is 28.9. The number of alkyl halides is 1. The molecule has 2 aliphatic rings. The summed E-state index contributed by atoms with van der Waals surface area (Å²) in [5.41, 5.74) is 1.92. The number of rotatable bonds is 12. The zero-order valence-electron chi connectivity index (χ0n) is 21.7. The van der Waals surface area contributed by atoms with Gasteiger partial charge in [-0.15, -0.1) is 5.10 Å². The summed E-state index contributed by atoms with van der Waals surface area (Å²) in [5.74, 6) is -3.44. The topological polar surface area (TPSA) is 175 Å². The Bertz CT molecular complexity index is 1260. The number of likely N-dealkylation sites (tertiary alicyclic amines) is 1. The molecule has 3 heterocycles. The van der Waals surface area contributed by atoms with Crippen molar-refractivity contribution in [3.8, 4) is 5.69 Å². The van der Waals surface area contributed by atoms with E-state index in [0.717, 1.165) is 5.69 Å². The summed E-state index contributed by atoms with van der Waals surface area (Å²) in [4.78, 5) is 63.1. The maximum atomic E-state index is 13.0. The number of nitrogens with zero attached hydrogens (tertiary/aromatic N) is 5. The molecule has 3 N–H and O–H groups in total. The summed E-state index contributed by atoms with van der Waals surface area (Å²) in [7, 11) is 0. The fourth-order valence-electron chi connectivity index (χ4n) is 5.06. The molecule has 0 radical (unpaired) electrons. The highest BCUT2D eigenvalue weighted by Crippen LogP contribution is 2.27. The van der Waals surface area contributed by atoms with Gasteiger partial charge in [-0.25, -0.2) is 19.2 Å². The zero-order chi connectivity index (χ0) is 28.8. The van der Waals surface area contributed by atoms with Crippen LogP contribution < -0.4 is 5.32 Å². The van der Waals surface area contributed by atoms with Crippen LogP contribution in [0, 0.1) is 5.92 Å². The second-order valence-electron chi connectivity index (χ2n) is 9.96. The summed E-state index contributed by atoms with van der Waals surface area (Å²) < 4.78 is 14.0. The van der Waals surface area contributed by atoms with E-state index in [1.165, 1.54) is 0 Å². The van der Waals surface area contributed by atoms with Crippen molar-refractivity contribution in [2.45, 2.75) is 57.0 Å². The number of piperidine rings is 1. The van der Waals surface area contributed by atoms with Crippen LogP contribution >= 0.6 is 0 Å². The van der Waals surface area contributed by atoms with Gasteiger partial charge in [-0.05, 0) is 68.7 Å². The van der Waals surface area contributed by atoms with Crippen LogP contribution in [0.25, 0.3) is 5.69 Å². The molecule has 2 aromatic rings. The third kappa shape index (κ3) is 6.61. The number of aliphatic carboxylic acids is 2. The minimum atomic E-state index is -1.55. The van der Waals surface area contributed by atoms with E-state index in [2.05, 4.69) is 15.6 Å². The lowest BCUT2D eigenvalue weighted by molar-refractivity contribution is -0.148. The van der Waals surface area contributed by atoms with E-state index in [9.17, 15) is 33.5 Å². The molecule has 4 rings (SSSR count). The van der Waals surface area contributed by atoms with E-state index < -0.39 is 49.1 Å². The van der Waals surface area contributed by atoms with Crippen LogP contribution in [-0.4, -0.2) is 96.6 Å². The highest BCUT2D eigenvalue weighted by atomic mass is 19.1. The summed E-state index contributed by atoms with van der Waals surface area (Å²) in [6, 6.07) is 3.64. The minimum absolute atomic E-state index is 0.0295. The maximum absolute atomic E-state index is 13.0. The molecule has 0 aliphatic carbocycles. The summed E-state index contributed by atoms with van der Waals surface area (Å²) in [6.07, 6.45) is 3.25. The molecule has 2 unspecified atom stereocenters. The van der Waals surface area contributed by atoms with Crippen molar-refractivity contribution in [1.82, 2.24) is 30.1 Å². The number of halogens is 1. The number of nitrogens with one attached hydrogen (secondary N) is 1.